The Kier molecular flexibility index (Phi) is 9.01. The molecule has 0 saturated carbocycles. The highest BCUT2D eigenvalue weighted by Gasteiger charge is 2.23. The Bertz CT molecular complexity index is 1370. The molecule has 0 bridgehead atoms. The molecule has 212 valence electrons. The Balaban J connectivity index is 1.22. The van der Waals surface area contributed by atoms with Crippen LogP contribution in [0.5, 0.6) is 0 Å². The predicted molar refractivity (Wildman–Crippen MR) is 161 cm³/mol. The molecular weight excluding hydrogens is 544 g/mol. The number of H-pyrrole nitrogens is 1. The lowest BCUT2D eigenvalue weighted by molar-refractivity contribution is 0.0347. The molecule has 0 radical (unpaired) electrons. The number of methoxy groups -OCH3 is 1. The fourth-order valence-corrected chi connectivity index (χ4v) is 7.80. The van der Waals surface area contributed by atoms with Crippen LogP contribution in [-0.4, -0.2) is 88.8 Å². The highest BCUT2D eigenvalue weighted by atomic mass is 32.2. The third-order valence-corrected chi connectivity index (χ3v) is 10.1. The number of fused-ring (bicyclic) bond motifs is 2. The normalized spacial score (nSPS) is 18.2. The van der Waals surface area contributed by atoms with Gasteiger partial charge in [-0.25, -0.2) is 0 Å². The van der Waals surface area contributed by atoms with Gasteiger partial charge in [-0.3, -0.25) is 9.69 Å². The summed E-state index contributed by atoms with van der Waals surface area (Å²) in [5, 5.41) is 3.78. The minimum absolute atomic E-state index is 0.0821. The fourth-order valence-electron chi connectivity index (χ4n) is 5.38. The van der Waals surface area contributed by atoms with Gasteiger partial charge in [0.1, 0.15) is 0 Å². The van der Waals surface area contributed by atoms with Gasteiger partial charge in [-0.2, -0.15) is 0 Å². The molecule has 0 aliphatic carbocycles. The second-order valence-corrected chi connectivity index (χ2v) is 12.4. The number of ether oxygens (including phenoxy) is 3. The summed E-state index contributed by atoms with van der Waals surface area (Å²) in [6, 6.07) is 17.1. The quantitative estimate of drug-likeness (QED) is 0.294. The first kappa shape index (κ1) is 27.7. The maximum atomic E-state index is 12.7. The SMILES string of the molecule is COCCC(CN1CCOCC1)Nc1ccc2c(c1)Sc1cccc(-c3cc(N4CCOCC4)cc(=O)[nH]3)c1S2. The number of pyridine rings is 1. The van der Waals surface area contributed by atoms with Crippen molar-refractivity contribution in [1.82, 2.24) is 9.88 Å². The van der Waals surface area contributed by atoms with E-state index in [0.29, 0.717) is 19.3 Å². The Hall–Kier alpha value is -2.47. The average molecular weight is 581 g/mol. The number of hydrogen-bond acceptors (Lipinski definition) is 9. The third kappa shape index (κ3) is 6.53. The maximum absolute atomic E-state index is 12.7. The topological polar surface area (TPSA) is 79.1 Å². The number of aromatic amines is 1. The molecule has 8 nitrogen and oxygen atoms in total. The Morgan fingerprint density at radius 2 is 1.75 bits per heavy atom. The van der Waals surface area contributed by atoms with Crippen molar-refractivity contribution in [2.45, 2.75) is 32.0 Å². The summed E-state index contributed by atoms with van der Waals surface area (Å²) in [6.07, 6.45) is 0.945. The zero-order chi connectivity index (χ0) is 27.3. The molecule has 2 fully saturated rings. The second-order valence-electron chi connectivity index (χ2n) is 10.3. The van der Waals surface area contributed by atoms with Crippen LogP contribution in [-0.2, 0) is 14.2 Å². The minimum Gasteiger partial charge on any atom is -0.385 e. The third-order valence-electron chi connectivity index (χ3n) is 7.47. The molecular formula is C30H36N4O4S2. The molecule has 2 aromatic carbocycles. The fraction of sp³-hybridized carbons (Fsp3) is 0.433. The highest BCUT2D eigenvalue weighted by molar-refractivity contribution is 8.05. The van der Waals surface area contributed by atoms with E-state index in [2.05, 4.69) is 62.6 Å². The van der Waals surface area contributed by atoms with Crippen molar-refractivity contribution in [2.75, 3.05) is 83.1 Å². The van der Waals surface area contributed by atoms with Gasteiger partial charge in [0.15, 0.2) is 0 Å². The molecule has 3 aliphatic rings. The van der Waals surface area contributed by atoms with Gasteiger partial charge in [0, 0.05) is 95.1 Å². The smallest absolute Gasteiger partial charge is 0.250 e. The van der Waals surface area contributed by atoms with Crippen LogP contribution in [0.15, 0.2) is 72.9 Å². The van der Waals surface area contributed by atoms with Crippen LogP contribution in [0.4, 0.5) is 11.4 Å². The number of benzene rings is 2. The van der Waals surface area contributed by atoms with Crippen LogP contribution in [0.2, 0.25) is 0 Å². The van der Waals surface area contributed by atoms with Crippen LogP contribution in [0.25, 0.3) is 11.3 Å². The van der Waals surface area contributed by atoms with Gasteiger partial charge in [-0.05, 0) is 36.8 Å². The van der Waals surface area contributed by atoms with E-state index in [1.807, 2.05) is 0 Å². The first-order valence-electron chi connectivity index (χ1n) is 13.9. The van der Waals surface area contributed by atoms with Gasteiger partial charge in [0.05, 0.1) is 32.1 Å². The lowest BCUT2D eigenvalue weighted by atomic mass is 10.1. The second kappa shape index (κ2) is 13.0. The van der Waals surface area contributed by atoms with E-state index in [1.54, 1.807) is 36.7 Å². The number of nitrogens with zero attached hydrogens (tertiary/aromatic N) is 2. The van der Waals surface area contributed by atoms with E-state index >= 15 is 0 Å². The molecule has 40 heavy (non-hydrogen) atoms. The summed E-state index contributed by atoms with van der Waals surface area (Å²) >= 11 is 3.57. The zero-order valence-electron chi connectivity index (χ0n) is 22.8. The zero-order valence-corrected chi connectivity index (χ0v) is 24.5. The molecule has 2 N–H and O–H groups in total. The predicted octanol–water partition coefficient (Wildman–Crippen LogP) is 4.64. The molecule has 1 aromatic heterocycles. The first-order chi connectivity index (χ1) is 19.7. The highest BCUT2D eigenvalue weighted by Crippen LogP contribution is 2.52. The number of rotatable bonds is 9. The van der Waals surface area contributed by atoms with E-state index in [9.17, 15) is 4.79 Å². The van der Waals surface area contributed by atoms with E-state index in [4.69, 9.17) is 14.2 Å². The molecule has 2 saturated heterocycles. The van der Waals surface area contributed by atoms with Crippen molar-refractivity contribution >= 4 is 34.9 Å². The average Bonchev–Trinajstić information content (AvgIpc) is 2.99. The molecule has 1 unspecified atom stereocenters. The van der Waals surface area contributed by atoms with Crippen LogP contribution >= 0.6 is 23.5 Å². The van der Waals surface area contributed by atoms with E-state index < -0.39 is 0 Å². The summed E-state index contributed by atoms with van der Waals surface area (Å²) in [4.78, 5) is 25.3. The number of anilines is 2. The maximum Gasteiger partial charge on any atom is 0.250 e. The van der Waals surface area contributed by atoms with Crippen molar-refractivity contribution in [3.05, 3.63) is 58.9 Å². The summed E-state index contributed by atoms with van der Waals surface area (Å²) in [6.45, 7) is 8.21. The Morgan fingerprint density at radius 1 is 0.950 bits per heavy atom. The Morgan fingerprint density at radius 3 is 2.55 bits per heavy atom. The van der Waals surface area contributed by atoms with Gasteiger partial charge in [0.25, 0.3) is 0 Å². The summed E-state index contributed by atoms with van der Waals surface area (Å²) in [5.74, 6) is 0. The Labute approximate surface area is 243 Å². The van der Waals surface area contributed by atoms with Crippen molar-refractivity contribution in [3.63, 3.8) is 0 Å². The van der Waals surface area contributed by atoms with Crippen LogP contribution in [0.3, 0.4) is 0 Å². The van der Waals surface area contributed by atoms with Gasteiger partial charge in [-0.1, -0.05) is 35.7 Å². The van der Waals surface area contributed by atoms with Gasteiger partial charge in [-0.15, -0.1) is 0 Å². The molecule has 6 rings (SSSR count). The molecule has 4 heterocycles. The molecule has 1 atom stereocenters. The van der Waals surface area contributed by atoms with E-state index in [1.165, 1.54) is 19.6 Å². The molecule has 0 amide bonds. The van der Waals surface area contributed by atoms with Crippen LogP contribution in [0, 0.1) is 0 Å². The molecule has 3 aliphatic heterocycles. The largest absolute Gasteiger partial charge is 0.385 e. The first-order valence-corrected chi connectivity index (χ1v) is 15.6. The molecule has 0 spiro atoms. The van der Waals surface area contributed by atoms with Crippen LogP contribution < -0.4 is 15.8 Å². The van der Waals surface area contributed by atoms with Gasteiger partial charge in [0.2, 0.25) is 5.56 Å². The van der Waals surface area contributed by atoms with Gasteiger partial charge < -0.3 is 29.4 Å². The van der Waals surface area contributed by atoms with Gasteiger partial charge >= 0.3 is 0 Å². The molecule has 10 heteroatoms. The number of hydrogen-bond donors (Lipinski definition) is 2. The number of morpholine rings is 2. The van der Waals surface area contributed by atoms with Crippen molar-refractivity contribution in [2.24, 2.45) is 0 Å². The lowest BCUT2D eigenvalue weighted by Gasteiger charge is -2.31. The summed E-state index contributed by atoms with van der Waals surface area (Å²) < 4.78 is 16.4. The van der Waals surface area contributed by atoms with Crippen molar-refractivity contribution in [1.29, 1.82) is 0 Å². The van der Waals surface area contributed by atoms with Crippen molar-refractivity contribution < 1.29 is 14.2 Å². The minimum atomic E-state index is -0.0821. The standard InChI is InChI=1S/C30H36N4O4S2/c1-36-12-7-22(20-33-8-13-37-14-9-33)31-21-5-6-26-28(17-21)39-27-4-2-3-24(30(27)40-26)25-18-23(19-29(35)32-25)34-10-15-38-16-11-34/h2-6,17-19,22,31H,7-16,20H2,1H3,(H,32,35). The van der Waals surface area contributed by atoms with E-state index in [0.717, 1.165) is 81.6 Å². The van der Waals surface area contributed by atoms with Crippen LogP contribution in [0.1, 0.15) is 6.42 Å². The molecule has 3 aromatic rings. The number of nitrogens with one attached hydrogen (secondary N) is 2. The van der Waals surface area contributed by atoms with E-state index in [-0.39, 0.29) is 5.56 Å². The summed E-state index contributed by atoms with van der Waals surface area (Å²) in [7, 11) is 1.76. The lowest BCUT2D eigenvalue weighted by Crippen LogP contribution is -2.43. The monoisotopic (exact) mass is 580 g/mol. The number of aromatic nitrogens is 1. The summed E-state index contributed by atoms with van der Waals surface area (Å²) in [5.41, 5.74) is 3.90. The van der Waals surface area contributed by atoms with Crippen molar-refractivity contribution in [3.8, 4) is 11.3 Å².